The summed E-state index contributed by atoms with van der Waals surface area (Å²) in [4.78, 5) is 28.7. The van der Waals surface area contributed by atoms with Gasteiger partial charge in [0.05, 0.1) is 22.0 Å². The molecule has 3 rings (SSSR count). The summed E-state index contributed by atoms with van der Waals surface area (Å²) >= 11 is 12.1. The maximum atomic E-state index is 12.7. The van der Waals surface area contributed by atoms with E-state index < -0.39 is 0 Å². The predicted octanol–water partition coefficient (Wildman–Crippen LogP) is 3.83. The molecule has 2 amide bonds. The van der Waals surface area contributed by atoms with Gasteiger partial charge >= 0.3 is 0 Å². The molecule has 2 aromatic rings. The van der Waals surface area contributed by atoms with Gasteiger partial charge in [0.25, 0.3) is 5.91 Å². The lowest BCUT2D eigenvalue weighted by atomic mass is 10.1. The summed E-state index contributed by atoms with van der Waals surface area (Å²) in [5.41, 5.74) is 2.56. The van der Waals surface area contributed by atoms with Crippen LogP contribution in [-0.2, 0) is 11.2 Å². The highest BCUT2D eigenvalue weighted by Crippen LogP contribution is 2.26. The van der Waals surface area contributed by atoms with E-state index in [4.69, 9.17) is 23.2 Å². The molecule has 0 atom stereocenters. The van der Waals surface area contributed by atoms with Crippen LogP contribution in [0.4, 0.5) is 0 Å². The van der Waals surface area contributed by atoms with Crippen LogP contribution in [0, 0.1) is 6.92 Å². The van der Waals surface area contributed by atoms with Crippen molar-refractivity contribution in [1.29, 1.82) is 0 Å². The SMILES string of the molecule is Cc1ccccc1CC(=O)N1CCN(C(=O)c2cccc(Cl)c2Cl)CC1. The molecule has 0 spiro atoms. The third-order valence-corrected chi connectivity index (χ3v) is 5.52. The molecule has 1 aliphatic heterocycles. The standard InChI is InChI=1S/C20H20Cl2N2O2/c1-14-5-2-3-6-15(14)13-18(25)23-9-11-24(12-10-23)20(26)16-7-4-8-17(21)19(16)22/h2-8H,9-13H2,1H3. The molecule has 26 heavy (non-hydrogen) atoms. The van der Waals surface area contributed by atoms with Crippen molar-refractivity contribution in [3.8, 4) is 0 Å². The van der Waals surface area contributed by atoms with E-state index in [1.165, 1.54) is 0 Å². The Bertz CT molecular complexity index is 830. The molecule has 0 aliphatic carbocycles. The lowest BCUT2D eigenvalue weighted by Gasteiger charge is -2.35. The Morgan fingerprint density at radius 3 is 2.27 bits per heavy atom. The van der Waals surface area contributed by atoms with Crippen molar-refractivity contribution < 1.29 is 9.59 Å². The summed E-state index contributed by atoms with van der Waals surface area (Å²) in [5, 5.41) is 0.641. The fraction of sp³-hybridized carbons (Fsp3) is 0.300. The van der Waals surface area contributed by atoms with Crippen LogP contribution in [0.2, 0.25) is 10.0 Å². The van der Waals surface area contributed by atoms with Gasteiger partial charge in [0.2, 0.25) is 5.91 Å². The highest BCUT2D eigenvalue weighted by Gasteiger charge is 2.26. The summed E-state index contributed by atoms with van der Waals surface area (Å²) < 4.78 is 0. The van der Waals surface area contributed by atoms with Gasteiger partial charge in [0.15, 0.2) is 0 Å². The van der Waals surface area contributed by atoms with Crippen LogP contribution >= 0.6 is 23.2 Å². The molecule has 1 saturated heterocycles. The molecular weight excluding hydrogens is 371 g/mol. The van der Waals surface area contributed by atoms with E-state index in [9.17, 15) is 9.59 Å². The molecule has 0 N–H and O–H groups in total. The number of amides is 2. The molecule has 136 valence electrons. The molecular formula is C20H20Cl2N2O2. The molecule has 0 radical (unpaired) electrons. The number of halogens is 2. The lowest BCUT2D eigenvalue weighted by Crippen LogP contribution is -2.51. The Labute approximate surface area is 163 Å². The van der Waals surface area contributed by atoms with E-state index in [1.807, 2.05) is 36.1 Å². The second-order valence-electron chi connectivity index (χ2n) is 6.38. The van der Waals surface area contributed by atoms with Crippen LogP contribution in [0.15, 0.2) is 42.5 Å². The number of carbonyl (C=O) groups is 2. The van der Waals surface area contributed by atoms with E-state index in [0.717, 1.165) is 11.1 Å². The smallest absolute Gasteiger partial charge is 0.255 e. The van der Waals surface area contributed by atoms with Crippen molar-refractivity contribution in [3.63, 3.8) is 0 Å². The van der Waals surface area contributed by atoms with E-state index in [1.54, 1.807) is 23.1 Å². The molecule has 1 heterocycles. The van der Waals surface area contributed by atoms with Crippen LogP contribution in [0.1, 0.15) is 21.5 Å². The number of rotatable bonds is 3. The normalized spacial score (nSPS) is 14.4. The van der Waals surface area contributed by atoms with Crippen molar-refractivity contribution in [2.24, 2.45) is 0 Å². The topological polar surface area (TPSA) is 40.6 Å². The van der Waals surface area contributed by atoms with Gasteiger partial charge in [-0.2, -0.15) is 0 Å². The van der Waals surface area contributed by atoms with E-state index in [2.05, 4.69) is 0 Å². The number of nitrogens with zero attached hydrogens (tertiary/aromatic N) is 2. The first-order valence-electron chi connectivity index (χ1n) is 8.53. The minimum absolute atomic E-state index is 0.0900. The average Bonchev–Trinajstić information content (AvgIpc) is 2.65. The Balaban J connectivity index is 1.60. The van der Waals surface area contributed by atoms with Crippen LogP contribution in [0.5, 0.6) is 0 Å². The largest absolute Gasteiger partial charge is 0.339 e. The zero-order valence-corrected chi connectivity index (χ0v) is 16.1. The number of aryl methyl sites for hydroxylation is 1. The van der Waals surface area contributed by atoms with E-state index >= 15 is 0 Å². The van der Waals surface area contributed by atoms with Crippen molar-refractivity contribution in [3.05, 3.63) is 69.2 Å². The Hall–Kier alpha value is -2.04. The first-order valence-corrected chi connectivity index (χ1v) is 9.28. The maximum absolute atomic E-state index is 12.7. The molecule has 4 nitrogen and oxygen atoms in total. The third-order valence-electron chi connectivity index (χ3n) is 4.70. The quantitative estimate of drug-likeness (QED) is 0.798. The van der Waals surface area contributed by atoms with Gasteiger partial charge in [-0.05, 0) is 30.2 Å². The first kappa shape index (κ1) is 18.7. The van der Waals surface area contributed by atoms with Crippen molar-refractivity contribution in [1.82, 2.24) is 9.80 Å². The predicted molar refractivity (Wildman–Crippen MR) is 104 cm³/mol. The van der Waals surface area contributed by atoms with Crippen LogP contribution in [-0.4, -0.2) is 47.8 Å². The highest BCUT2D eigenvalue weighted by atomic mass is 35.5. The molecule has 6 heteroatoms. The van der Waals surface area contributed by atoms with Gasteiger partial charge < -0.3 is 9.80 Å². The second kappa shape index (κ2) is 8.11. The van der Waals surface area contributed by atoms with E-state index in [0.29, 0.717) is 43.2 Å². The number of piperazine rings is 1. The maximum Gasteiger partial charge on any atom is 0.255 e. The third kappa shape index (κ3) is 4.02. The monoisotopic (exact) mass is 390 g/mol. The van der Waals surface area contributed by atoms with Crippen molar-refractivity contribution >= 4 is 35.0 Å². The summed E-state index contributed by atoms with van der Waals surface area (Å²) in [6.45, 7) is 4.03. The van der Waals surface area contributed by atoms with Gasteiger partial charge in [0, 0.05) is 26.2 Å². The number of carbonyl (C=O) groups excluding carboxylic acids is 2. The van der Waals surface area contributed by atoms with E-state index in [-0.39, 0.29) is 16.8 Å². The van der Waals surface area contributed by atoms with Gasteiger partial charge in [-0.1, -0.05) is 53.5 Å². The molecule has 0 unspecified atom stereocenters. The molecule has 0 saturated carbocycles. The summed E-state index contributed by atoms with van der Waals surface area (Å²) in [7, 11) is 0. The Morgan fingerprint density at radius 2 is 1.58 bits per heavy atom. The zero-order valence-electron chi connectivity index (χ0n) is 14.5. The second-order valence-corrected chi connectivity index (χ2v) is 7.16. The Kier molecular flexibility index (Phi) is 5.84. The summed E-state index contributed by atoms with van der Waals surface area (Å²) in [6.07, 6.45) is 0.390. The highest BCUT2D eigenvalue weighted by molar-refractivity contribution is 6.43. The molecule has 1 fully saturated rings. The van der Waals surface area contributed by atoms with Crippen molar-refractivity contribution in [2.75, 3.05) is 26.2 Å². The number of hydrogen-bond acceptors (Lipinski definition) is 2. The summed E-state index contributed by atoms with van der Waals surface area (Å²) in [6, 6.07) is 12.9. The fourth-order valence-corrected chi connectivity index (χ4v) is 3.46. The molecule has 1 aliphatic rings. The first-order chi connectivity index (χ1) is 12.5. The fourth-order valence-electron chi connectivity index (χ4n) is 3.08. The molecule has 0 bridgehead atoms. The average molecular weight is 391 g/mol. The lowest BCUT2D eigenvalue weighted by molar-refractivity contribution is -0.131. The number of hydrogen-bond donors (Lipinski definition) is 0. The minimum atomic E-state index is -0.150. The van der Waals surface area contributed by atoms with Gasteiger partial charge in [-0.15, -0.1) is 0 Å². The zero-order chi connectivity index (χ0) is 18.7. The van der Waals surface area contributed by atoms with Crippen LogP contribution in [0.3, 0.4) is 0 Å². The van der Waals surface area contributed by atoms with Crippen LogP contribution < -0.4 is 0 Å². The van der Waals surface area contributed by atoms with Crippen LogP contribution in [0.25, 0.3) is 0 Å². The van der Waals surface area contributed by atoms with Gasteiger partial charge in [-0.25, -0.2) is 0 Å². The minimum Gasteiger partial charge on any atom is -0.339 e. The van der Waals surface area contributed by atoms with Crippen molar-refractivity contribution in [2.45, 2.75) is 13.3 Å². The molecule has 2 aromatic carbocycles. The van der Waals surface area contributed by atoms with Gasteiger partial charge in [0.1, 0.15) is 0 Å². The molecule has 0 aromatic heterocycles. The number of benzene rings is 2. The van der Waals surface area contributed by atoms with Gasteiger partial charge in [-0.3, -0.25) is 9.59 Å². The summed E-state index contributed by atoms with van der Waals surface area (Å²) in [5.74, 6) is -0.0595. The Morgan fingerprint density at radius 1 is 0.923 bits per heavy atom.